The fourth-order valence-electron chi connectivity index (χ4n) is 3.64. The molecule has 0 aliphatic heterocycles. The van der Waals surface area contributed by atoms with Crippen LogP contribution in [-0.2, 0) is 0 Å². The molecule has 0 heterocycles. The van der Waals surface area contributed by atoms with E-state index in [1.807, 2.05) is 13.8 Å². The van der Waals surface area contributed by atoms with Gasteiger partial charge < -0.3 is 0 Å². The Labute approximate surface area is 175 Å². The summed E-state index contributed by atoms with van der Waals surface area (Å²) in [6.45, 7) is 6.14. The molecular weight excluding hydrogens is 348 g/mol. The van der Waals surface area contributed by atoms with Gasteiger partial charge in [-0.15, -0.1) is 0 Å². The van der Waals surface area contributed by atoms with E-state index in [9.17, 15) is 0 Å². The molecule has 0 spiro atoms. The van der Waals surface area contributed by atoms with Crippen LogP contribution in [0.2, 0.25) is 0 Å². The van der Waals surface area contributed by atoms with E-state index >= 15 is 0 Å². The Morgan fingerprint density at radius 2 is 1.10 bits per heavy atom. The van der Waals surface area contributed by atoms with Gasteiger partial charge in [-0.2, -0.15) is 0 Å². The van der Waals surface area contributed by atoms with E-state index in [0.717, 1.165) is 12.8 Å². The molecule has 0 saturated carbocycles. The van der Waals surface area contributed by atoms with Gasteiger partial charge in [0, 0.05) is 0 Å². The molecular formula is C29H30. The molecule has 0 aromatic heterocycles. The van der Waals surface area contributed by atoms with Crippen LogP contribution in [0, 0.1) is 6.92 Å². The number of aryl methyl sites for hydroxylation is 1. The zero-order valence-electron chi connectivity index (χ0n) is 17.7. The van der Waals surface area contributed by atoms with E-state index in [1.54, 1.807) is 0 Å². The number of rotatable bonds is 4. The lowest BCUT2D eigenvalue weighted by atomic mass is 9.84. The van der Waals surface area contributed by atoms with Crippen molar-refractivity contribution in [1.82, 2.24) is 0 Å². The molecule has 0 nitrogen and oxygen atoms in total. The van der Waals surface area contributed by atoms with Crippen molar-refractivity contribution >= 4 is 11.1 Å². The number of hydrogen-bond donors (Lipinski definition) is 0. The van der Waals surface area contributed by atoms with Crippen LogP contribution in [0.1, 0.15) is 48.9 Å². The normalized spacial score (nSPS) is 13.7. The highest BCUT2D eigenvalue weighted by Gasteiger charge is 2.17. The fraction of sp³-hybridized carbons (Fsp3) is 0.172. The van der Waals surface area contributed by atoms with E-state index in [0.29, 0.717) is 0 Å². The lowest BCUT2D eigenvalue weighted by Crippen LogP contribution is -1.99. The van der Waals surface area contributed by atoms with Crippen molar-refractivity contribution in [3.8, 4) is 0 Å². The van der Waals surface area contributed by atoms with Gasteiger partial charge in [-0.3, -0.25) is 0 Å². The highest BCUT2D eigenvalue weighted by atomic mass is 14.2. The molecule has 0 bridgehead atoms. The topological polar surface area (TPSA) is 0 Å². The predicted octanol–water partition coefficient (Wildman–Crippen LogP) is 8.26. The highest BCUT2D eigenvalue weighted by Crippen LogP contribution is 2.38. The van der Waals surface area contributed by atoms with Gasteiger partial charge in [0.05, 0.1) is 0 Å². The van der Waals surface area contributed by atoms with E-state index in [2.05, 4.69) is 110 Å². The quantitative estimate of drug-likeness (QED) is 0.401. The van der Waals surface area contributed by atoms with Crippen molar-refractivity contribution in [3.05, 3.63) is 131 Å². The monoisotopic (exact) mass is 378 g/mol. The SMILES string of the molecule is CC.Cc1ccc(/C(=C(\C2=CCCC=C2)c2ccccc2)c2ccccc2)cc1. The summed E-state index contributed by atoms with van der Waals surface area (Å²) in [4.78, 5) is 0. The van der Waals surface area contributed by atoms with Crippen LogP contribution < -0.4 is 0 Å². The summed E-state index contributed by atoms with van der Waals surface area (Å²) in [5.41, 5.74) is 8.96. The Kier molecular flexibility index (Phi) is 7.41. The zero-order valence-corrected chi connectivity index (χ0v) is 17.7. The van der Waals surface area contributed by atoms with Crippen LogP contribution in [0.25, 0.3) is 11.1 Å². The van der Waals surface area contributed by atoms with Gasteiger partial charge in [0.2, 0.25) is 0 Å². The van der Waals surface area contributed by atoms with Crippen molar-refractivity contribution in [2.75, 3.05) is 0 Å². The Balaban J connectivity index is 0.00000117. The molecule has 1 aliphatic carbocycles. The van der Waals surface area contributed by atoms with E-state index in [4.69, 9.17) is 0 Å². The zero-order chi connectivity index (χ0) is 20.5. The third-order valence-electron chi connectivity index (χ3n) is 5.00. The summed E-state index contributed by atoms with van der Waals surface area (Å²) in [5.74, 6) is 0. The Bertz CT molecular complexity index is 985. The van der Waals surface area contributed by atoms with Crippen molar-refractivity contribution in [3.63, 3.8) is 0 Å². The van der Waals surface area contributed by atoms with E-state index in [-0.39, 0.29) is 0 Å². The first kappa shape index (κ1) is 20.6. The van der Waals surface area contributed by atoms with Crippen LogP contribution in [0.4, 0.5) is 0 Å². The second-order valence-electron chi connectivity index (χ2n) is 6.99. The maximum absolute atomic E-state index is 2.37. The molecule has 0 radical (unpaired) electrons. The Hall–Kier alpha value is -3.12. The molecule has 0 unspecified atom stereocenters. The van der Waals surface area contributed by atoms with Gasteiger partial charge in [-0.1, -0.05) is 123 Å². The largest absolute Gasteiger partial charge is 0.0836 e. The first-order chi connectivity index (χ1) is 14.3. The number of allylic oxidation sites excluding steroid dienone is 5. The van der Waals surface area contributed by atoms with Crippen LogP contribution in [-0.4, -0.2) is 0 Å². The molecule has 0 fully saturated rings. The molecule has 0 amide bonds. The molecule has 0 atom stereocenters. The number of hydrogen-bond acceptors (Lipinski definition) is 0. The second-order valence-corrected chi connectivity index (χ2v) is 6.99. The minimum Gasteiger partial charge on any atom is -0.0836 e. The maximum Gasteiger partial charge on any atom is -0.00269 e. The maximum atomic E-state index is 2.37. The van der Waals surface area contributed by atoms with E-state index in [1.165, 1.54) is 39.0 Å². The van der Waals surface area contributed by atoms with Gasteiger partial charge >= 0.3 is 0 Å². The molecule has 4 rings (SSSR count). The molecule has 3 aromatic carbocycles. The van der Waals surface area contributed by atoms with Crippen LogP contribution in [0.5, 0.6) is 0 Å². The van der Waals surface area contributed by atoms with Crippen molar-refractivity contribution < 1.29 is 0 Å². The van der Waals surface area contributed by atoms with Gasteiger partial charge in [0.25, 0.3) is 0 Å². The lowest BCUT2D eigenvalue weighted by Gasteiger charge is -2.20. The molecule has 1 aliphatic rings. The third-order valence-corrected chi connectivity index (χ3v) is 5.00. The summed E-state index contributed by atoms with van der Waals surface area (Å²) in [6, 6.07) is 30.4. The van der Waals surface area contributed by atoms with Gasteiger partial charge in [-0.05, 0) is 53.2 Å². The summed E-state index contributed by atoms with van der Waals surface area (Å²) in [7, 11) is 0. The molecule has 0 saturated heterocycles. The van der Waals surface area contributed by atoms with Gasteiger partial charge in [0.1, 0.15) is 0 Å². The minimum atomic E-state index is 1.10. The molecule has 0 N–H and O–H groups in total. The van der Waals surface area contributed by atoms with Crippen molar-refractivity contribution in [2.24, 2.45) is 0 Å². The smallest absolute Gasteiger partial charge is 0.00269 e. The molecule has 29 heavy (non-hydrogen) atoms. The Morgan fingerprint density at radius 3 is 1.62 bits per heavy atom. The lowest BCUT2D eigenvalue weighted by molar-refractivity contribution is 1.03. The summed E-state index contributed by atoms with van der Waals surface area (Å²) >= 11 is 0. The van der Waals surface area contributed by atoms with Gasteiger partial charge in [-0.25, -0.2) is 0 Å². The summed E-state index contributed by atoms with van der Waals surface area (Å²) < 4.78 is 0. The predicted molar refractivity (Wildman–Crippen MR) is 128 cm³/mol. The van der Waals surface area contributed by atoms with Crippen LogP contribution in [0.15, 0.2) is 109 Å². The van der Waals surface area contributed by atoms with Crippen molar-refractivity contribution in [2.45, 2.75) is 33.6 Å². The summed E-state index contributed by atoms with van der Waals surface area (Å²) in [5, 5.41) is 0. The summed E-state index contributed by atoms with van der Waals surface area (Å²) in [6.07, 6.45) is 9.16. The Morgan fingerprint density at radius 1 is 0.586 bits per heavy atom. The van der Waals surface area contributed by atoms with Gasteiger partial charge in [0.15, 0.2) is 0 Å². The van der Waals surface area contributed by atoms with Crippen LogP contribution in [0.3, 0.4) is 0 Å². The molecule has 3 aromatic rings. The average molecular weight is 379 g/mol. The second kappa shape index (κ2) is 10.4. The fourth-order valence-corrected chi connectivity index (χ4v) is 3.64. The first-order valence-electron chi connectivity index (χ1n) is 10.6. The van der Waals surface area contributed by atoms with E-state index < -0.39 is 0 Å². The third kappa shape index (κ3) is 5.03. The molecule has 146 valence electrons. The highest BCUT2D eigenvalue weighted by molar-refractivity contribution is 6.05. The minimum absolute atomic E-state index is 1.10. The standard InChI is InChI=1S/C27H24.C2H6/c1-21-17-19-25(20-18-21)27(24-15-9-4-10-16-24)26(22-11-5-2-6-12-22)23-13-7-3-8-14-23;1-2/h2,4-7,9-20H,3,8H2,1H3;1-2H3/b27-26-;. The molecule has 0 heteroatoms. The first-order valence-corrected chi connectivity index (χ1v) is 10.6. The van der Waals surface area contributed by atoms with Crippen LogP contribution >= 0.6 is 0 Å². The number of benzene rings is 3. The van der Waals surface area contributed by atoms with Crippen molar-refractivity contribution in [1.29, 1.82) is 0 Å². The average Bonchev–Trinajstić information content (AvgIpc) is 2.81.